The van der Waals surface area contributed by atoms with E-state index in [4.69, 9.17) is 0 Å². The molecule has 0 aromatic carbocycles. The van der Waals surface area contributed by atoms with Gasteiger partial charge in [-0.2, -0.15) is 0 Å². The SMILES string of the molecule is CN(C)C.N.O. The topological polar surface area (TPSA) is 69.7 Å². The molecule has 0 aromatic heterocycles. The lowest BCUT2D eigenvalue weighted by Gasteiger charge is -1.90. The third-order valence-corrected chi connectivity index (χ3v) is 0. The van der Waals surface area contributed by atoms with Crippen molar-refractivity contribution < 1.29 is 5.48 Å². The van der Waals surface area contributed by atoms with E-state index in [0.29, 0.717) is 0 Å². The highest BCUT2D eigenvalue weighted by Crippen LogP contribution is 1.47. The molecule has 0 aliphatic rings. The van der Waals surface area contributed by atoms with E-state index in [1.807, 2.05) is 26.0 Å². The molecule has 6 heavy (non-hydrogen) atoms. The van der Waals surface area contributed by atoms with Crippen molar-refractivity contribution in [2.45, 2.75) is 0 Å². The van der Waals surface area contributed by atoms with Gasteiger partial charge in [-0.3, -0.25) is 0 Å². The Kier molecular flexibility index (Phi) is 24.9. The average Bonchev–Trinajstić information content (AvgIpc) is 0.811. The number of rotatable bonds is 0. The maximum atomic E-state index is 2.00. The molecule has 0 radical (unpaired) electrons. The maximum Gasteiger partial charge on any atom is -0.0140 e. The Bertz CT molecular complexity index is 13.5. The monoisotopic (exact) mass is 94.1 g/mol. The summed E-state index contributed by atoms with van der Waals surface area (Å²) in [7, 11) is 6.00. The third-order valence-electron chi connectivity index (χ3n) is 0. The van der Waals surface area contributed by atoms with E-state index in [-0.39, 0.29) is 11.6 Å². The highest BCUT2D eigenvalue weighted by atomic mass is 16.0. The predicted molar refractivity (Wildman–Crippen MR) is 28.2 cm³/mol. The maximum absolute atomic E-state index is 2.00. The standard InChI is InChI=1S/C3H9N.H3N.H2O/c1-4(2)3;;/h1-3H3;1H3;1H2. The predicted octanol–water partition coefficient (Wildman–Crippen LogP) is -0.485. The smallest absolute Gasteiger partial charge is 0.0140 e. The fraction of sp³-hybridized carbons (Fsp3) is 1.00. The zero-order valence-electron chi connectivity index (χ0n) is 4.65. The van der Waals surface area contributed by atoms with Crippen LogP contribution < -0.4 is 6.15 Å². The molecule has 0 bridgehead atoms. The molecule has 0 saturated carbocycles. The molecule has 0 rings (SSSR count). The molecule has 0 heterocycles. The Hall–Kier alpha value is -0.120. The number of hydrogen-bond donors (Lipinski definition) is 1. The van der Waals surface area contributed by atoms with Gasteiger partial charge < -0.3 is 16.5 Å². The molecule has 0 unspecified atom stereocenters. The van der Waals surface area contributed by atoms with Gasteiger partial charge in [0.25, 0.3) is 0 Å². The summed E-state index contributed by atoms with van der Waals surface area (Å²) >= 11 is 0. The summed E-state index contributed by atoms with van der Waals surface area (Å²) in [5, 5.41) is 0. The van der Waals surface area contributed by atoms with Gasteiger partial charge in [0.1, 0.15) is 0 Å². The van der Waals surface area contributed by atoms with E-state index in [0.717, 1.165) is 0 Å². The summed E-state index contributed by atoms with van der Waals surface area (Å²) in [4.78, 5) is 2.00. The summed E-state index contributed by atoms with van der Waals surface area (Å²) < 4.78 is 0. The number of nitrogens with zero attached hydrogens (tertiary/aromatic N) is 1. The molecule has 0 aliphatic carbocycles. The molecule has 0 aliphatic heterocycles. The molecule has 0 amide bonds. The van der Waals surface area contributed by atoms with Gasteiger partial charge in [0.2, 0.25) is 0 Å². The van der Waals surface area contributed by atoms with Gasteiger partial charge >= 0.3 is 0 Å². The average molecular weight is 94.2 g/mol. The lowest BCUT2D eigenvalue weighted by Crippen LogP contribution is -1.99. The van der Waals surface area contributed by atoms with Crippen LogP contribution >= 0.6 is 0 Å². The van der Waals surface area contributed by atoms with Crippen LogP contribution in [0.15, 0.2) is 0 Å². The minimum Gasteiger partial charge on any atom is -0.412 e. The van der Waals surface area contributed by atoms with Crippen molar-refractivity contribution in [3.63, 3.8) is 0 Å². The van der Waals surface area contributed by atoms with Crippen molar-refractivity contribution in [3.05, 3.63) is 0 Å². The first kappa shape index (κ1) is 16.9. The molecule has 3 heteroatoms. The van der Waals surface area contributed by atoms with Crippen LogP contribution in [-0.2, 0) is 0 Å². The molecule has 0 spiro atoms. The lowest BCUT2D eigenvalue weighted by atomic mass is 11.0. The van der Waals surface area contributed by atoms with Crippen LogP contribution in [-0.4, -0.2) is 31.5 Å². The summed E-state index contributed by atoms with van der Waals surface area (Å²) in [6.07, 6.45) is 0. The summed E-state index contributed by atoms with van der Waals surface area (Å²) in [5.74, 6) is 0. The van der Waals surface area contributed by atoms with Crippen LogP contribution in [0.1, 0.15) is 0 Å². The Morgan fingerprint density at radius 3 is 1.00 bits per heavy atom. The van der Waals surface area contributed by atoms with Crippen molar-refractivity contribution in [2.24, 2.45) is 0 Å². The van der Waals surface area contributed by atoms with E-state index >= 15 is 0 Å². The van der Waals surface area contributed by atoms with Crippen LogP contribution in [0.3, 0.4) is 0 Å². The third kappa shape index (κ3) is 2230. The Morgan fingerprint density at radius 1 is 1.00 bits per heavy atom. The Balaban J connectivity index is -0.0000000450. The van der Waals surface area contributed by atoms with Crippen LogP contribution in [0.5, 0.6) is 0 Å². The van der Waals surface area contributed by atoms with Crippen LogP contribution in [0.2, 0.25) is 0 Å². The van der Waals surface area contributed by atoms with E-state index in [2.05, 4.69) is 0 Å². The van der Waals surface area contributed by atoms with Gasteiger partial charge in [-0.15, -0.1) is 0 Å². The first-order valence-electron chi connectivity index (χ1n) is 1.34. The Morgan fingerprint density at radius 2 is 1.00 bits per heavy atom. The fourth-order valence-electron chi connectivity index (χ4n) is 0. The molecule has 42 valence electrons. The highest BCUT2D eigenvalue weighted by molar-refractivity contribution is 4.09. The zero-order valence-corrected chi connectivity index (χ0v) is 4.65. The molecule has 3 nitrogen and oxygen atoms in total. The first-order chi connectivity index (χ1) is 1.73. The van der Waals surface area contributed by atoms with Crippen LogP contribution in [0.25, 0.3) is 0 Å². The van der Waals surface area contributed by atoms with Gasteiger partial charge in [-0.05, 0) is 21.1 Å². The second-order valence-corrected chi connectivity index (χ2v) is 1.34. The van der Waals surface area contributed by atoms with Crippen molar-refractivity contribution in [2.75, 3.05) is 21.1 Å². The molecular formula is C3H14N2O. The van der Waals surface area contributed by atoms with Crippen molar-refractivity contribution >= 4 is 0 Å². The molecule has 5 N–H and O–H groups in total. The van der Waals surface area contributed by atoms with Crippen molar-refractivity contribution in [1.82, 2.24) is 11.1 Å². The molecule has 0 atom stereocenters. The molecule has 0 aromatic rings. The van der Waals surface area contributed by atoms with Gasteiger partial charge in [0, 0.05) is 0 Å². The second-order valence-electron chi connectivity index (χ2n) is 1.34. The minimum atomic E-state index is 0. The van der Waals surface area contributed by atoms with Gasteiger partial charge in [-0.25, -0.2) is 0 Å². The van der Waals surface area contributed by atoms with E-state index < -0.39 is 0 Å². The van der Waals surface area contributed by atoms with Crippen molar-refractivity contribution in [1.29, 1.82) is 0 Å². The Labute approximate surface area is 38.8 Å². The molecule has 0 fully saturated rings. The minimum absolute atomic E-state index is 0. The summed E-state index contributed by atoms with van der Waals surface area (Å²) in [5.41, 5.74) is 0. The van der Waals surface area contributed by atoms with Crippen molar-refractivity contribution in [3.8, 4) is 0 Å². The van der Waals surface area contributed by atoms with Crippen LogP contribution in [0.4, 0.5) is 0 Å². The molecular weight excluding hydrogens is 80.0 g/mol. The van der Waals surface area contributed by atoms with Gasteiger partial charge in [0.15, 0.2) is 0 Å². The summed E-state index contributed by atoms with van der Waals surface area (Å²) in [6, 6.07) is 0. The highest BCUT2D eigenvalue weighted by Gasteiger charge is 1.58. The lowest BCUT2D eigenvalue weighted by molar-refractivity contribution is 0.505. The largest absolute Gasteiger partial charge is 0.412 e. The fourth-order valence-corrected chi connectivity index (χ4v) is 0. The van der Waals surface area contributed by atoms with E-state index in [1.165, 1.54) is 0 Å². The van der Waals surface area contributed by atoms with Gasteiger partial charge in [0.05, 0.1) is 0 Å². The zero-order chi connectivity index (χ0) is 3.58. The molecule has 0 saturated heterocycles. The van der Waals surface area contributed by atoms with Crippen LogP contribution in [0, 0.1) is 0 Å². The normalized spacial score (nSPS) is 6.00. The van der Waals surface area contributed by atoms with Gasteiger partial charge in [-0.1, -0.05) is 0 Å². The number of hydrogen-bond acceptors (Lipinski definition) is 2. The second kappa shape index (κ2) is 8.86. The first-order valence-corrected chi connectivity index (χ1v) is 1.34. The van der Waals surface area contributed by atoms with E-state index in [1.54, 1.807) is 0 Å². The quantitative estimate of drug-likeness (QED) is 0.440. The summed E-state index contributed by atoms with van der Waals surface area (Å²) in [6.45, 7) is 0. The van der Waals surface area contributed by atoms with E-state index in [9.17, 15) is 0 Å².